The first kappa shape index (κ1) is 13.5. The van der Waals surface area contributed by atoms with E-state index in [-0.39, 0.29) is 12.6 Å². The highest BCUT2D eigenvalue weighted by Crippen LogP contribution is 2.18. The molecule has 1 aromatic heterocycles. The normalized spacial score (nSPS) is 14.1. The Bertz CT molecular complexity index is 324. The predicted octanol–water partition coefficient (Wildman–Crippen LogP) is 2.58. The van der Waals surface area contributed by atoms with Crippen LogP contribution in [0.1, 0.15) is 13.3 Å². The van der Waals surface area contributed by atoms with E-state index >= 15 is 0 Å². The molecule has 0 spiro atoms. The van der Waals surface area contributed by atoms with Crippen LogP contribution in [0.3, 0.4) is 0 Å². The average Bonchev–Trinajstić information content (AvgIpc) is 2.48. The molecule has 0 saturated carbocycles. The Labute approximate surface area is 100 Å². The minimum Gasteiger partial charge on any atom is -0.312 e. The van der Waals surface area contributed by atoms with Gasteiger partial charge >= 0.3 is 6.18 Å². The maximum atomic E-state index is 11.9. The van der Waals surface area contributed by atoms with Crippen molar-refractivity contribution in [2.75, 3.05) is 6.54 Å². The summed E-state index contributed by atoms with van der Waals surface area (Å²) in [6.45, 7) is 2.31. The van der Waals surface area contributed by atoms with E-state index in [4.69, 9.17) is 0 Å². The van der Waals surface area contributed by atoms with Crippen molar-refractivity contribution in [3.8, 4) is 0 Å². The van der Waals surface area contributed by atoms with Crippen LogP contribution in [0.15, 0.2) is 16.9 Å². The monoisotopic (exact) mass is 299 g/mol. The first-order valence-corrected chi connectivity index (χ1v) is 5.64. The number of nitrogens with zero attached hydrogens (tertiary/aromatic N) is 2. The zero-order valence-electron chi connectivity index (χ0n) is 8.76. The first-order chi connectivity index (χ1) is 7.37. The number of rotatable bonds is 5. The van der Waals surface area contributed by atoms with Gasteiger partial charge in [0.15, 0.2) is 0 Å². The fourth-order valence-electron chi connectivity index (χ4n) is 1.24. The molecule has 0 radical (unpaired) electrons. The molecule has 1 atom stereocenters. The number of nitrogens with one attached hydrogen (secondary N) is 1. The SMILES string of the molecule is C[C@H](Cn1cc(Br)cn1)NCCC(F)(F)F. The highest BCUT2D eigenvalue weighted by molar-refractivity contribution is 9.10. The lowest BCUT2D eigenvalue weighted by Crippen LogP contribution is -2.33. The highest BCUT2D eigenvalue weighted by Gasteiger charge is 2.26. The van der Waals surface area contributed by atoms with E-state index in [0.717, 1.165) is 4.47 Å². The Morgan fingerprint density at radius 2 is 2.25 bits per heavy atom. The summed E-state index contributed by atoms with van der Waals surface area (Å²) in [5.74, 6) is 0. The molecule has 92 valence electrons. The van der Waals surface area contributed by atoms with Crippen LogP contribution in [0.25, 0.3) is 0 Å². The van der Waals surface area contributed by atoms with Crippen LogP contribution in [-0.2, 0) is 6.54 Å². The van der Waals surface area contributed by atoms with E-state index in [1.54, 1.807) is 17.1 Å². The third-order valence-corrected chi connectivity index (χ3v) is 2.37. The van der Waals surface area contributed by atoms with Gasteiger partial charge in [0.1, 0.15) is 0 Å². The topological polar surface area (TPSA) is 29.9 Å². The summed E-state index contributed by atoms with van der Waals surface area (Å²) in [7, 11) is 0. The lowest BCUT2D eigenvalue weighted by atomic mass is 10.3. The van der Waals surface area contributed by atoms with Crippen molar-refractivity contribution in [2.24, 2.45) is 0 Å². The van der Waals surface area contributed by atoms with Gasteiger partial charge in [-0.2, -0.15) is 18.3 Å². The van der Waals surface area contributed by atoms with Crippen LogP contribution in [0.4, 0.5) is 13.2 Å². The van der Waals surface area contributed by atoms with E-state index in [1.807, 2.05) is 6.92 Å². The van der Waals surface area contributed by atoms with Crippen molar-refractivity contribution in [3.05, 3.63) is 16.9 Å². The van der Waals surface area contributed by atoms with E-state index in [9.17, 15) is 13.2 Å². The van der Waals surface area contributed by atoms with Crippen molar-refractivity contribution in [1.29, 1.82) is 0 Å². The maximum absolute atomic E-state index is 11.9. The third kappa shape index (κ3) is 5.50. The molecule has 0 aliphatic carbocycles. The van der Waals surface area contributed by atoms with E-state index in [0.29, 0.717) is 6.54 Å². The minimum atomic E-state index is -4.10. The summed E-state index contributed by atoms with van der Waals surface area (Å²) in [4.78, 5) is 0. The number of aromatic nitrogens is 2. The molecule has 0 amide bonds. The Morgan fingerprint density at radius 3 is 2.75 bits per heavy atom. The van der Waals surface area contributed by atoms with Crippen molar-refractivity contribution in [3.63, 3.8) is 0 Å². The molecule has 1 N–H and O–H groups in total. The molecular weight excluding hydrogens is 287 g/mol. The molecule has 3 nitrogen and oxygen atoms in total. The Balaban J connectivity index is 2.23. The number of alkyl halides is 3. The predicted molar refractivity (Wildman–Crippen MR) is 58.1 cm³/mol. The molecule has 0 fully saturated rings. The molecule has 1 heterocycles. The fraction of sp³-hybridized carbons (Fsp3) is 0.667. The van der Waals surface area contributed by atoms with E-state index < -0.39 is 12.6 Å². The van der Waals surface area contributed by atoms with Gasteiger partial charge in [-0.1, -0.05) is 0 Å². The molecule has 16 heavy (non-hydrogen) atoms. The Kier molecular flexibility index (Phi) is 4.79. The summed E-state index contributed by atoms with van der Waals surface area (Å²) in [6.07, 6.45) is -1.48. The number of hydrogen-bond donors (Lipinski definition) is 1. The zero-order chi connectivity index (χ0) is 12.2. The molecule has 7 heteroatoms. The van der Waals surface area contributed by atoms with E-state index in [1.165, 1.54) is 0 Å². The molecule has 1 rings (SSSR count). The van der Waals surface area contributed by atoms with Crippen molar-refractivity contribution in [2.45, 2.75) is 32.1 Å². The molecule has 0 bridgehead atoms. The van der Waals surface area contributed by atoms with Crippen LogP contribution < -0.4 is 5.32 Å². The highest BCUT2D eigenvalue weighted by atomic mass is 79.9. The van der Waals surface area contributed by atoms with Gasteiger partial charge in [0.05, 0.1) is 23.6 Å². The summed E-state index contributed by atoms with van der Waals surface area (Å²) in [5.41, 5.74) is 0. The molecule has 1 aromatic rings. The third-order valence-electron chi connectivity index (χ3n) is 1.96. The quantitative estimate of drug-likeness (QED) is 0.906. The number of hydrogen-bond acceptors (Lipinski definition) is 2. The fourth-order valence-corrected chi connectivity index (χ4v) is 1.57. The number of halogens is 4. The largest absolute Gasteiger partial charge is 0.390 e. The van der Waals surface area contributed by atoms with Gasteiger partial charge in [-0.3, -0.25) is 4.68 Å². The van der Waals surface area contributed by atoms with Crippen LogP contribution >= 0.6 is 15.9 Å². The van der Waals surface area contributed by atoms with Crippen LogP contribution in [0, 0.1) is 0 Å². The summed E-state index contributed by atoms with van der Waals surface area (Å²) in [6, 6.07) is -0.0471. The van der Waals surface area contributed by atoms with Crippen molar-refractivity contribution in [1.82, 2.24) is 15.1 Å². The van der Waals surface area contributed by atoms with Crippen molar-refractivity contribution >= 4 is 15.9 Å². The molecular formula is C9H13BrF3N3. The molecule has 0 unspecified atom stereocenters. The Morgan fingerprint density at radius 1 is 1.56 bits per heavy atom. The Hall–Kier alpha value is -0.560. The van der Waals surface area contributed by atoms with Gasteiger partial charge in [-0.25, -0.2) is 0 Å². The lowest BCUT2D eigenvalue weighted by molar-refractivity contribution is -0.133. The molecule has 0 aromatic carbocycles. The summed E-state index contributed by atoms with van der Waals surface area (Å²) < 4.78 is 38.2. The maximum Gasteiger partial charge on any atom is 0.390 e. The second-order valence-electron chi connectivity index (χ2n) is 3.60. The van der Waals surface area contributed by atoms with Gasteiger partial charge in [-0.05, 0) is 22.9 Å². The standard InChI is InChI=1S/C9H13BrF3N3/c1-7(14-3-2-9(11,12)13)5-16-6-8(10)4-15-16/h4,6-7,14H,2-3,5H2,1H3/t7-/m1/s1. The van der Waals surface area contributed by atoms with Gasteiger partial charge in [0.25, 0.3) is 0 Å². The van der Waals surface area contributed by atoms with Gasteiger partial charge in [-0.15, -0.1) is 0 Å². The first-order valence-electron chi connectivity index (χ1n) is 4.85. The van der Waals surface area contributed by atoms with Crippen LogP contribution in [0.5, 0.6) is 0 Å². The van der Waals surface area contributed by atoms with E-state index in [2.05, 4.69) is 26.3 Å². The van der Waals surface area contributed by atoms with Gasteiger partial charge in [0.2, 0.25) is 0 Å². The summed E-state index contributed by atoms with van der Waals surface area (Å²) in [5, 5.41) is 6.82. The van der Waals surface area contributed by atoms with Gasteiger partial charge < -0.3 is 5.32 Å². The van der Waals surface area contributed by atoms with Gasteiger partial charge in [0, 0.05) is 18.8 Å². The summed E-state index contributed by atoms with van der Waals surface area (Å²) >= 11 is 3.25. The van der Waals surface area contributed by atoms with Crippen molar-refractivity contribution < 1.29 is 13.2 Å². The molecule has 0 aliphatic rings. The van der Waals surface area contributed by atoms with Crippen LogP contribution in [-0.4, -0.2) is 28.5 Å². The molecule has 0 aliphatic heterocycles. The molecule has 0 saturated heterocycles. The average molecular weight is 300 g/mol. The minimum absolute atomic E-state index is 0.0471. The van der Waals surface area contributed by atoms with Crippen LogP contribution in [0.2, 0.25) is 0 Å². The lowest BCUT2D eigenvalue weighted by Gasteiger charge is -2.14. The smallest absolute Gasteiger partial charge is 0.312 e. The second-order valence-corrected chi connectivity index (χ2v) is 4.52. The zero-order valence-corrected chi connectivity index (χ0v) is 10.3. The second kappa shape index (κ2) is 5.67.